The van der Waals surface area contributed by atoms with E-state index < -0.39 is 0 Å². The van der Waals surface area contributed by atoms with E-state index in [-0.39, 0.29) is 0 Å². The zero-order chi connectivity index (χ0) is 14.4. The van der Waals surface area contributed by atoms with Crippen LogP contribution in [0.5, 0.6) is 5.75 Å². The van der Waals surface area contributed by atoms with E-state index >= 15 is 0 Å². The summed E-state index contributed by atoms with van der Waals surface area (Å²) in [5.41, 5.74) is 1.06. The highest BCUT2D eigenvalue weighted by Crippen LogP contribution is 2.21. The van der Waals surface area contributed by atoms with Crippen molar-refractivity contribution in [3.8, 4) is 5.75 Å². The summed E-state index contributed by atoms with van der Waals surface area (Å²) in [6.07, 6.45) is 4.16. The Kier molecular flexibility index (Phi) is 5.68. The maximum absolute atomic E-state index is 5.88. The minimum absolute atomic E-state index is 0.299. The van der Waals surface area contributed by atoms with Crippen LogP contribution in [0.1, 0.15) is 31.6 Å². The molecule has 1 N–H and O–H groups in total. The predicted molar refractivity (Wildman–Crippen MR) is 85.9 cm³/mol. The second kappa shape index (κ2) is 7.50. The van der Waals surface area contributed by atoms with Crippen molar-refractivity contribution in [2.75, 3.05) is 5.32 Å². The molecule has 3 nitrogen and oxygen atoms in total. The first kappa shape index (κ1) is 15.1. The van der Waals surface area contributed by atoms with Crippen LogP contribution in [0, 0.1) is 0 Å². The Bertz CT molecular complexity index is 523. The first-order valence-electron chi connectivity index (χ1n) is 6.82. The highest BCUT2D eigenvalue weighted by molar-refractivity contribution is 7.15. The molecule has 0 saturated carbocycles. The summed E-state index contributed by atoms with van der Waals surface area (Å²) in [5, 5.41) is 3.34. The number of hydrogen-bond donors (Lipinski definition) is 1. The van der Waals surface area contributed by atoms with E-state index in [9.17, 15) is 0 Å². The minimum Gasteiger partial charge on any atom is -0.490 e. The molecule has 0 saturated heterocycles. The van der Waals surface area contributed by atoms with E-state index in [0.29, 0.717) is 10.6 Å². The lowest BCUT2D eigenvalue weighted by molar-refractivity contribution is 0.193. The van der Waals surface area contributed by atoms with Crippen molar-refractivity contribution in [2.24, 2.45) is 0 Å². The molecule has 108 valence electrons. The van der Waals surface area contributed by atoms with Crippen LogP contribution >= 0.6 is 22.9 Å². The third-order valence-corrected chi connectivity index (χ3v) is 4.17. The van der Waals surface area contributed by atoms with Crippen molar-refractivity contribution in [2.45, 2.75) is 39.3 Å². The van der Waals surface area contributed by atoms with E-state index in [1.165, 1.54) is 11.3 Å². The summed E-state index contributed by atoms with van der Waals surface area (Å²) in [7, 11) is 0. The lowest BCUT2D eigenvalue weighted by Gasteiger charge is -2.15. The molecule has 0 amide bonds. The quantitative estimate of drug-likeness (QED) is 0.783. The normalized spacial score (nSPS) is 10.8. The third-order valence-electron chi connectivity index (χ3n) is 3.06. The van der Waals surface area contributed by atoms with Crippen LogP contribution < -0.4 is 10.1 Å². The van der Waals surface area contributed by atoms with Gasteiger partial charge in [0.15, 0.2) is 4.47 Å². The number of ether oxygens (including phenoxy) is 1. The summed E-state index contributed by atoms with van der Waals surface area (Å²) < 4.78 is 6.46. The van der Waals surface area contributed by atoms with Gasteiger partial charge in [0.1, 0.15) is 5.75 Å². The molecule has 5 heteroatoms. The fourth-order valence-corrected chi connectivity index (χ4v) is 2.77. The summed E-state index contributed by atoms with van der Waals surface area (Å²) in [6, 6.07) is 8.06. The van der Waals surface area contributed by atoms with Crippen LogP contribution in [0.25, 0.3) is 0 Å². The van der Waals surface area contributed by atoms with Crippen LogP contribution in [-0.4, -0.2) is 11.1 Å². The maximum Gasteiger partial charge on any atom is 0.183 e. The van der Waals surface area contributed by atoms with Gasteiger partial charge in [-0.1, -0.05) is 25.4 Å². The van der Waals surface area contributed by atoms with Crippen molar-refractivity contribution in [3.63, 3.8) is 0 Å². The number of hydrogen-bond acceptors (Lipinski definition) is 4. The van der Waals surface area contributed by atoms with E-state index in [0.717, 1.165) is 35.7 Å². The number of benzene rings is 1. The zero-order valence-electron chi connectivity index (χ0n) is 11.7. The van der Waals surface area contributed by atoms with Gasteiger partial charge < -0.3 is 10.1 Å². The molecule has 0 fully saturated rings. The van der Waals surface area contributed by atoms with Gasteiger partial charge in [-0.3, -0.25) is 0 Å². The van der Waals surface area contributed by atoms with Crippen molar-refractivity contribution < 1.29 is 4.74 Å². The van der Waals surface area contributed by atoms with Crippen molar-refractivity contribution in [1.82, 2.24) is 4.98 Å². The topological polar surface area (TPSA) is 34.1 Å². The second-order valence-corrected chi connectivity index (χ2v) is 6.21. The molecular weight excluding hydrogens is 292 g/mol. The number of anilines is 1. The van der Waals surface area contributed by atoms with E-state index in [4.69, 9.17) is 16.3 Å². The predicted octanol–water partition coefficient (Wildman–Crippen LogP) is 4.98. The Balaban J connectivity index is 1.88. The van der Waals surface area contributed by atoms with Crippen LogP contribution in [0.3, 0.4) is 0 Å². The van der Waals surface area contributed by atoms with Gasteiger partial charge in [-0.15, -0.1) is 11.3 Å². The molecule has 0 radical (unpaired) electrons. The molecule has 0 atom stereocenters. The average Bonchev–Trinajstić information content (AvgIpc) is 2.89. The second-order valence-electron chi connectivity index (χ2n) is 4.51. The molecular formula is C15H19ClN2OS. The summed E-state index contributed by atoms with van der Waals surface area (Å²) >= 11 is 7.29. The van der Waals surface area contributed by atoms with Crippen LogP contribution in [0.2, 0.25) is 4.47 Å². The molecule has 0 aliphatic heterocycles. The van der Waals surface area contributed by atoms with Gasteiger partial charge in [-0.05, 0) is 37.1 Å². The molecule has 1 aromatic carbocycles. The first-order valence-corrected chi connectivity index (χ1v) is 8.01. The Morgan fingerprint density at radius 2 is 1.95 bits per heavy atom. The molecule has 1 heterocycles. The standard InChI is InChI=1S/C15H19ClN2OS/c1-3-12(4-2)19-13-7-5-11(6-8-13)17-9-14-10-18-15(16)20-14/h5-8,10,12,17H,3-4,9H2,1-2H3. The number of thiazole rings is 1. The van der Waals surface area contributed by atoms with Gasteiger partial charge >= 0.3 is 0 Å². The molecule has 1 aromatic heterocycles. The summed E-state index contributed by atoms with van der Waals surface area (Å²) in [6.45, 7) is 5.02. The average molecular weight is 311 g/mol. The maximum atomic E-state index is 5.88. The van der Waals surface area contributed by atoms with Gasteiger partial charge in [0.05, 0.1) is 12.6 Å². The Labute approximate surface area is 129 Å². The molecule has 2 aromatic rings. The SMILES string of the molecule is CCC(CC)Oc1ccc(NCc2cnc(Cl)s2)cc1. The Morgan fingerprint density at radius 1 is 1.25 bits per heavy atom. The zero-order valence-corrected chi connectivity index (χ0v) is 13.3. The lowest BCUT2D eigenvalue weighted by Crippen LogP contribution is -2.13. The molecule has 0 spiro atoms. The summed E-state index contributed by atoms with van der Waals surface area (Å²) in [4.78, 5) is 5.14. The van der Waals surface area contributed by atoms with Crippen molar-refractivity contribution in [3.05, 3.63) is 39.8 Å². The lowest BCUT2D eigenvalue weighted by atomic mass is 10.2. The first-order chi connectivity index (χ1) is 9.71. The van der Waals surface area contributed by atoms with Crippen molar-refractivity contribution >= 4 is 28.6 Å². The van der Waals surface area contributed by atoms with E-state index in [1.54, 1.807) is 6.20 Å². The number of nitrogens with one attached hydrogen (secondary N) is 1. The number of rotatable bonds is 7. The highest BCUT2D eigenvalue weighted by Gasteiger charge is 2.05. The van der Waals surface area contributed by atoms with Crippen molar-refractivity contribution in [1.29, 1.82) is 0 Å². The van der Waals surface area contributed by atoms with Gasteiger partial charge in [0.25, 0.3) is 0 Å². The van der Waals surface area contributed by atoms with E-state index in [1.807, 2.05) is 24.3 Å². The van der Waals surface area contributed by atoms with Crippen LogP contribution in [-0.2, 0) is 6.54 Å². The molecule has 0 aliphatic rings. The number of aromatic nitrogens is 1. The molecule has 0 bridgehead atoms. The van der Waals surface area contributed by atoms with Gasteiger partial charge in [0.2, 0.25) is 0 Å². The van der Waals surface area contributed by atoms with Gasteiger partial charge in [0, 0.05) is 16.8 Å². The third kappa shape index (κ3) is 4.39. The number of halogens is 1. The monoisotopic (exact) mass is 310 g/mol. The fourth-order valence-electron chi connectivity index (χ4n) is 1.85. The smallest absolute Gasteiger partial charge is 0.183 e. The Hall–Kier alpha value is -1.26. The number of nitrogens with zero attached hydrogens (tertiary/aromatic N) is 1. The Morgan fingerprint density at radius 3 is 2.50 bits per heavy atom. The molecule has 0 aliphatic carbocycles. The molecule has 0 unspecified atom stereocenters. The molecule has 2 rings (SSSR count). The highest BCUT2D eigenvalue weighted by atomic mass is 35.5. The van der Waals surface area contributed by atoms with Crippen LogP contribution in [0.4, 0.5) is 5.69 Å². The molecule has 20 heavy (non-hydrogen) atoms. The fraction of sp³-hybridized carbons (Fsp3) is 0.400. The largest absolute Gasteiger partial charge is 0.490 e. The van der Waals surface area contributed by atoms with Gasteiger partial charge in [-0.25, -0.2) is 4.98 Å². The van der Waals surface area contributed by atoms with Gasteiger partial charge in [-0.2, -0.15) is 0 Å². The van der Waals surface area contributed by atoms with Crippen LogP contribution in [0.15, 0.2) is 30.5 Å². The van der Waals surface area contributed by atoms with E-state index in [2.05, 4.69) is 24.1 Å². The minimum atomic E-state index is 0.299. The summed E-state index contributed by atoms with van der Waals surface area (Å²) in [5.74, 6) is 0.921.